The second kappa shape index (κ2) is 6.32. The topological polar surface area (TPSA) is 75.9 Å². The van der Waals surface area contributed by atoms with Crippen molar-refractivity contribution in [3.05, 3.63) is 27.9 Å². The van der Waals surface area contributed by atoms with Crippen LogP contribution in [-0.2, 0) is 12.8 Å². The fourth-order valence-corrected chi connectivity index (χ4v) is 4.76. The summed E-state index contributed by atoms with van der Waals surface area (Å²) in [7, 11) is 0. The molecule has 1 aliphatic carbocycles. The zero-order valence-electron chi connectivity index (χ0n) is 15.8. The number of nitrogens with zero attached hydrogens (tertiary/aromatic N) is 4. The highest BCUT2D eigenvalue weighted by Gasteiger charge is 2.23. The molecule has 2 N–H and O–H groups in total. The van der Waals surface area contributed by atoms with Crippen molar-refractivity contribution < 1.29 is 5.11 Å². The van der Waals surface area contributed by atoms with Gasteiger partial charge in [-0.25, -0.2) is 4.68 Å². The molecule has 3 heterocycles. The molecule has 4 rings (SSSR count). The fourth-order valence-electron chi connectivity index (χ4n) is 3.50. The Kier molecular flexibility index (Phi) is 4.23. The lowest BCUT2D eigenvalue weighted by atomic mass is 9.97. The highest BCUT2D eigenvalue weighted by Crippen LogP contribution is 2.39. The van der Waals surface area contributed by atoms with Gasteiger partial charge in [0.25, 0.3) is 5.95 Å². The summed E-state index contributed by atoms with van der Waals surface area (Å²) in [6.45, 7) is 8.00. The van der Waals surface area contributed by atoms with Gasteiger partial charge < -0.3 is 10.4 Å². The van der Waals surface area contributed by atoms with E-state index in [4.69, 9.17) is 9.97 Å². The number of aryl methyl sites for hydroxylation is 4. The average Bonchev–Trinajstić information content (AvgIpc) is 3.11. The van der Waals surface area contributed by atoms with Crippen LogP contribution >= 0.6 is 11.3 Å². The van der Waals surface area contributed by atoms with Gasteiger partial charge in [0.2, 0.25) is 0 Å². The summed E-state index contributed by atoms with van der Waals surface area (Å²) >= 11 is 1.77. The number of aliphatic hydroxyl groups is 1. The van der Waals surface area contributed by atoms with E-state index in [-0.39, 0.29) is 0 Å². The van der Waals surface area contributed by atoms with E-state index in [0.29, 0.717) is 12.5 Å². The summed E-state index contributed by atoms with van der Waals surface area (Å²) < 4.78 is 1.79. The molecule has 0 aromatic carbocycles. The van der Waals surface area contributed by atoms with Crippen LogP contribution in [0.4, 0.5) is 5.82 Å². The predicted octanol–water partition coefficient (Wildman–Crippen LogP) is 3.56. The molecule has 6 nitrogen and oxygen atoms in total. The van der Waals surface area contributed by atoms with Gasteiger partial charge in [0, 0.05) is 17.1 Å². The van der Waals surface area contributed by atoms with Crippen LogP contribution < -0.4 is 5.32 Å². The normalized spacial score (nSPS) is 14.7. The molecule has 0 bridgehead atoms. The maximum atomic E-state index is 10.2. The van der Waals surface area contributed by atoms with E-state index >= 15 is 0 Å². The molecule has 3 aromatic heterocycles. The van der Waals surface area contributed by atoms with Crippen LogP contribution in [0.1, 0.15) is 48.5 Å². The summed E-state index contributed by atoms with van der Waals surface area (Å²) in [6.07, 6.45) is 4.65. The summed E-state index contributed by atoms with van der Waals surface area (Å²) in [5.74, 6) is 1.39. The number of aromatic nitrogens is 4. The van der Waals surface area contributed by atoms with Crippen LogP contribution in [-0.4, -0.2) is 37.0 Å². The number of fused-ring (bicyclic) bond motifs is 3. The molecule has 1 aliphatic rings. The molecule has 26 heavy (non-hydrogen) atoms. The van der Waals surface area contributed by atoms with E-state index in [9.17, 15) is 5.11 Å². The Morgan fingerprint density at radius 3 is 2.69 bits per heavy atom. The lowest BCUT2D eigenvalue weighted by Crippen LogP contribution is -2.29. The minimum atomic E-state index is -0.814. The van der Waals surface area contributed by atoms with Gasteiger partial charge in [-0.2, -0.15) is 15.1 Å². The second-order valence-corrected chi connectivity index (χ2v) is 8.85. The SMILES string of the molecule is Cc1cc(C)n(-c2nc(NCC(C)(C)O)c3c4c(sc3n2)CCCC4)n1. The van der Waals surface area contributed by atoms with Gasteiger partial charge in [0.1, 0.15) is 10.6 Å². The molecule has 0 aliphatic heterocycles. The summed E-state index contributed by atoms with van der Waals surface area (Å²) in [6, 6.07) is 2.02. The first kappa shape index (κ1) is 17.4. The van der Waals surface area contributed by atoms with Gasteiger partial charge in [0.15, 0.2) is 0 Å². The van der Waals surface area contributed by atoms with Crippen LogP contribution in [0.5, 0.6) is 0 Å². The average molecular weight is 372 g/mol. The van der Waals surface area contributed by atoms with Crippen molar-refractivity contribution in [1.82, 2.24) is 19.7 Å². The van der Waals surface area contributed by atoms with Gasteiger partial charge in [-0.3, -0.25) is 0 Å². The van der Waals surface area contributed by atoms with Gasteiger partial charge in [-0.05, 0) is 65.0 Å². The Hall–Kier alpha value is -1.99. The Morgan fingerprint density at radius 1 is 1.23 bits per heavy atom. The molecule has 0 fully saturated rings. The molecule has 0 spiro atoms. The smallest absolute Gasteiger partial charge is 0.254 e. The molecular formula is C19H25N5OS. The zero-order chi connectivity index (χ0) is 18.5. The highest BCUT2D eigenvalue weighted by atomic mass is 32.1. The van der Waals surface area contributed by atoms with Crippen molar-refractivity contribution in [3.8, 4) is 5.95 Å². The van der Waals surface area contributed by atoms with Crippen LogP contribution in [0.15, 0.2) is 6.07 Å². The minimum Gasteiger partial charge on any atom is -0.389 e. The van der Waals surface area contributed by atoms with E-state index in [2.05, 4.69) is 10.4 Å². The third-order valence-corrected chi connectivity index (χ3v) is 5.88. The van der Waals surface area contributed by atoms with E-state index in [0.717, 1.165) is 40.3 Å². The van der Waals surface area contributed by atoms with Gasteiger partial charge in [-0.15, -0.1) is 11.3 Å². The van der Waals surface area contributed by atoms with Crippen molar-refractivity contribution in [1.29, 1.82) is 0 Å². The quantitative estimate of drug-likeness (QED) is 0.733. The fraction of sp³-hybridized carbons (Fsp3) is 0.526. The van der Waals surface area contributed by atoms with Crippen molar-refractivity contribution in [2.75, 3.05) is 11.9 Å². The monoisotopic (exact) mass is 371 g/mol. The largest absolute Gasteiger partial charge is 0.389 e. The highest BCUT2D eigenvalue weighted by molar-refractivity contribution is 7.19. The number of thiophene rings is 1. The lowest BCUT2D eigenvalue weighted by Gasteiger charge is -2.19. The van der Waals surface area contributed by atoms with Crippen molar-refractivity contribution in [2.45, 2.75) is 59.0 Å². The Labute approximate surface area is 157 Å². The van der Waals surface area contributed by atoms with Crippen molar-refractivity contribution in [3.63, 3.8) is 0 Å². The van der Waals surface area contributed by atoms with E-state index in [1.807, 2.05) is 19.9 Å². The molecule has 0 atom stereocenters. The Balaban J connectivity index is 1.88. The second-order valence-electron chi connectivity index (χ2n) is 7.77. The molecule has 0 saturated heterocycles. The van der Waals surface area contributed by atoms with Crippen molar-refractivity contribution in [2.24, 2.45) is 0 Å². The van der Waals surface area contributed by atoms with Gasteiger partial charge in [0.05, 0.1) is 16.7 Å². The third kappa shape index (κ3) is 3.21. The molecule has 0 saturated carbocycles. The first-order valence-corrected chi connectivity index (χ1v) is 9.96. The zero-order valence-corrected chi connectivity index (χ0v) is 16.6. The van der Waals surface area contributed by atoms with E-state index < -0.39 is 5.60 Å². The molecule has 0 amide bonds. The number of rotatable bonds is 4. The molecule has 7 heteroatoms. The number of hydrogen-bond donors (Lipinski definition) is 2. The van der Waals surface area contributed by atoms with Crippen molar-refractivity contribution >= 4 is 27.4 Å². The molecule has 138 valence electrons. The standard InChI is InChI=1S/C19H25N5OS/c1-11-9-12(2)24(23-11)18-21-16(20-10-19(3,4)25)15-13-7-5-6-8-14(13)26-17(15)22-18/h9,25H,5-8,10H2,1-4H3,(H,20,21,22). The first-order chi connectivity index (χ1) is 12.3. The maximum absolute atomic E-state index is 10.2. The molecule has 0 unspecified atom stereocenters. The van der Waals surface area contributed by atoms with E-state index in [1.165, 1.54) is 23.3 Å². The minimum absolute atomic E-state index is 0.431. The van der Waals surface area contributed by atoms with Gasteiger partial charge >= 0.3 is 0 Å². The van der Waals surface area contributed by atoms with Gasteiger partial charge in [-0.1, -0.05) is 0 Å². The van der Waals surface area contributed by atoms with Crippen LogP contribution in [0.3, 0.4) is 0 Å². The summed E-state index contributed by atoms with van der Waals surface area (Å²) in [5, 5.41) is 19.2. The number of nitrogens with one attached hydrogen (secondary N) is 1. The summed E-state index contributed by atoms with van der Waals surface area (Å²) in [4.78, 5) is 12.1. The molecule has 0 radical (unpaired) electrons. The maximum Gasteiger partial charge on any atom is 0.254 e. The lowest BCUT2D eigenvalue weighted by molar-refractivity contribution is 0.0944. The summed E-state index contributed by atoms with van der Waals surface area (Å²) in [5.41, 5.74) is 2.53. The predicted molar refractivity (Wildman–Crippen MR) is 105 cm³/mol. The van der Waals surface area contributed by atoms with Crippen LogP contribution in [0, 0.1) is 13.8 Å². The first-order valence-electron chi connectivity index (χ1n) is 9.14. The molecular weight excluding hydrogens is 346 g/mol. The van der Waals surface area contributed by atoms with Crippen LogP contribution in [0.2, 0.25) is 0 Å². The number of hydrogen-bond acceptors (Lipinski definition) is 6. The Morgan fingerprint density at radius 2 is 2.00 bits per heavy atom. The molecule has 3 aromatic rings. The Bertz CT molecular complexity index is 967. The number of anilines is 1. The third-order valence-electron chi connectivity index (χ3n) is 4.69. The van der Waals surface area contributed by atoms with Crippen LogP contribution in [0.25, 0.3) is 16.2 Å². The van der Waals surface area contributed by atoms with E-state index in [1.54, 1.807) is 29.9 Å².